The van der Waals surface area contributed by atoms with Crippen molar-refractivity contribution in [2.75, 3.05) is 0 Å². The van der Waals surface area contributed by atoms with E-state index in [9.17, 15) is 0 Å². The van der Waals surface area contributed by atoms with Gasteiger partial charge in [0, 0.05) is 0 Å². The van der Waals surface area contributed by atoms with Crippen LogP contribution < -0.4 is 0 Å². The van der Waals surface area contributed by atoms with E-state index in [2.05, 4.69) is 22.6 Å². The molecule has 6 heavy (non-hydrogen) atoms. The molecule has 0 aromatic carbocycles. The normalized spacial score (nSPS) is 8.83. The first kappa shape index (κ1) is 3.68. The molecule has 0 bridgehead atoms. The Morgan fingerprint density at radius 2 is 2.67 bits per heavy atom. The average Bonchev–Trinajstić information content (AvgIpc) is 1.86. The Balaban J connectivity index is 3.05. The highest BCUT2D eigenvalue weighted by Gasteiger charge is 1.81. The Morgan fingerprint density at radius 1 is 1.83 bits per heavy atom. The van der Waals surface area contributed by atoms with Crippen molar-refractivity contribution < 1.29 is 0 Å². The molecular formula is C3HClN2. The van der Waals surface area contributed by atoms with Crippen LogP contribution in [0, 0.1) is 12.4 Å². The zero-order valence-electron chi connectivity index (χ0n) is 2.83. The first-order chi connectivity index (χ1) is 2.89. The molecule has 0 atom stereocenters. The van der Waals surface area contributed by atoms with Crippen molar-refractivity contribution in [1.29, 1.82) is 0 Å². The van der Waals surface area contributed by atoms with Gasteiger partial charge in [-0.2, -0.15) is 5.10 Å². The lowest BCUT2D eigenvalue weighted by Gasteiger charge is -1.56. The molecule has 1 aromatic rings. The molecule has 0 saturated carbocycles. The average molecular weight is 101 g/mol. The zero-order chi connectivity index (χ0) is 4.41. The van der Waals surface area contributed by atoms with E-state index >= 15 is 0 Å². The predicted octanol–water partition coefficient (Wildman–Crippen LogP) is 0.663. The van der Waals surface area contributed by atoms with Crippen LogP contribution in [0.5, 0.6) is 0 Å². The molecule has 3 heteroatoms. The van der Waals surface area contributed by atoms with Crippen LogP contribution in [-0.2, 0) is 0 Å². The Kier molecular flexibility index (Phi) is 0.801. The van der Waals surface area contributed by atoms with Gasteiger partial charge in [-0.3, -0.25) is 5.10 Å². The van der Waals surface area contributed by atoms with Crippen LogP contribution in [0.1, 0.15) is 0 Å². The second kappa shape index (κ2) is 1.30. The number of aromatic nitrogens is 2. The van der Waals surface area contributed by atoms with E-state index in [1.165, 1.54) is 0 Å². The van der Waals surface area contributed by atoms with E-state index in [0.717, 1.165) is 0 Å². The van der Waals surface area contributed by atoms with Crippen molar-refractivity contribution in [2.24, 2.45) is 0 Å². The minimum Gasteiger partial charge on any atom is -0.274 e. The summed E-state index contributed by atoms with van der Waals surface area (Å²) in [4.78, 5) is 0. The van der Waals surface area contributed by atoms with Crippen LogP contribution in [0.4, 0.5) is 0 Å². The number of hydrogen-bond donors (Lipinski definition) is 1. The number of halogens is 1. The minimum absolute atomic E-state index is 0.398. The summed E-state index contributed by atoms with van der Waals surface area (Å²) in [5, 5.41) is 6.15. The van der Waals surface area contributed by atoms with Crippen molar-refractivity contribution in [2.45, 2.75) is 0 Å². The van der Waals surface area contributed by atoms with E-state index in [4.69, 9.17) is 11.6 Å². The molecule has 1 N–H and O–H groups in total. The van der Waals surface area contributed by atoms with Crippen LogP contribution in [0.3, 0.4) is 0 Å². The summed E-state index contributed by atoms with van der Waals surface area (Å²) in [5.41, 5.74) is 0. The minimum atomic E-state index is 0.398. The maximum atomic E-state index is 5.25. The first-order valence-corrected chi connectivity index (χ1v) is 1.76. The molecule has 0 amide bonds. The van der Waals surface area contributed by atoms with E-state index in [-0.39, 0.29) is 0 Å². The smallest absolute Gasteiger partial charge is 0.133 e. The molecule has 0 unspecified atom stereocenters. The van der Waals surface area contributed by atoms with Crippen LogP contribution in [0.25, 0.3) is 0 Å². The van der Waals surface area contributed by atoms with E-state index in [1.807, 2.05) is 0 Å². The fraction of sp³-hybridized carbons (Fsp3) is 0. The van der Waals surface area contributed by atoms with E-state index < -0.39 is 0 Å². The number of H-pyrrole nitrogens is 1. The van der Waals surface area contributed by atoms with Crippen LogP contribution in [0.2, 0.25) is 5.02 Å². The van der Waals surface area contributed by atoms with Gasteiger partial charge in [0.05, 0.1) is 5.02 Å². The predicted molar refractivity (Wildman–Crippen MR) is 21.3 cm³/mol. The summed E-state index contributed by atoms with van der Waals surface area (Å²) >= 11 is 5.25. The molecule has 0 fully saturated rings. The van der Waals surface area contributed by atoms with E-state index in [1.54, 1.807) is 0 Å². The SMILES string of the molecule is Clc1[c]n[nH][c]1. The van der Waals surface area contributed by atoms with Crippen molar-refractivity contribution in [3.8, 4) is 0 Å². The number of nitrogens with one attached hydrogen (secondary N) is 1. The van der Waals surface area contributed by atoms with Crippen molar-refractivity contribution in [3.05, 3.63) is 17.4 Å². The topological polar surface area (TPSA) is 28.7 Å². The zero-order valence-corrected chi connectivity index (χ0v) is 3.58. The highest BCUT2D eigenvalue weighted by Crippen LogP contribution is 1.97. The summed E-state index contributed by atoms with van der Waals surface area (Å²) in [6, 6.07) is 0. The maximum Gasteiger partial charge on any atom is 0.133 e. The van der Waals surface area contributed by atoms with Crippen molar-refractivity contribution in [1.82, 2.24) is 10.2 Å². The summed E-state index contributed by atoms with van der Waals surface area (Å²) < 4.78 is 0. The third-order valence-corrected chi connectivity index (χ3v) is 0.555. The van der Waals surface area contributed by atoms with Gasteiger partial charge < -0.3 is 0 Å². The van der Waals surface area contributed by atoms with Gasteiger partial charge in [-0.25, -0.2) is 0 Å². The fourth-order valence-electron chi connectivity index (χ4n) is 0.182. The fourth-order valence-corrected chi connectivity index (χ4v) is 0.267. The lowest BCUT2D eigenvalue weighted by molar-refractivity contribution is 1.08. The molecule has 0 spiro atoms. The van der Waals surface area contributed by atoms with Gasteiger partial charge in [0.15, 0.2) is 0 Å². The van der Waals surface area contributed by atoms with Gasteiger partial charge in [0.25, 0.3) is 0 Å². The second-order valence-corrected chi connectivity index (χ2v) is 1.15. The van der Waals surface area contributed by atoms with Gasteiger partial charge in [0.1, 0.15) is 12.4 Å². The third-order valence-electron chi connectivity index (χ3n) is 0.376. The highest BCUT2D eigenvalue weighted by molar-refractivity contribution is 6.30. The second-order valence-electron chi connectivity index (χ2n) is 0.774. The molecule has 1 aromatic heterocycles. The summed E-state index contributed by atoms with van der Waals surface area (Å²) in [6.07, 6.45) is 4.88. The summed E-state index contributed by atoms with van der Waals surface area (Å²) in [6.45, 7) is 0. The quantitative estimate of drug-likeness (QED) is 0.510. The van der Waals surface area contributed by atoms with E-state index in [0.29, 0.717) is 5.02 Å². The molecule has 0 aliphatic carbocycles. The molecule has 0 aliphatic rings. The monoisotopic (exact) mass is 100.0 g/mol. The Bertz CT molecular complexity index is 112. The van der Waals surface area contributed by atoms with Gasteiger partial charge >= 0.3 is 0 Å². The largest absolute Gasteiger partial charge is 0.274 e. The molecule has 2 nitrogen and oxygen atoms in total. The molecule has 0 aliphatic heterocycles. The van der Waals surface area contributed by atoms with Crippen LogP contribution in [0.15, 0.2) is 0 Å². The lowest BCUT2D eigenvalue weighted by Crippen LogP contribution is -1.55. The van der Waals surface area contributed by atoms with Gasteiger partial charge in [0.2, 0.25) is 0 Å². The summed E-state index contributed by atoms with van der Waals surface area (Å²) in [7, 11) is 0. The molecule has 0 saturated heterocycles. The number of hydrogen-bond acceptors (Lipinski definition) is 1. The molecule has 1 heterocycles. The Morgan fingerprint density at radius 3 is 2.83 bits per heavy atom. The third kappa shape index (κ3) is 0.518. The molecule has 2 radical (unpaired) electrons. The van der Waals surface area contributed by atoms with Crippen LogP contribution >= 0.6 is 11.6 Å². The molecule has 1 rings (SSSR count). The first-order valence-electron chi connectivity index (χ1n) is 1.39. The Labute approximate surface area is 40.1 Å². The Hall–Kier alpha value is -0.500. The van der Waals surface area contributed by atoms with Gasteiger partial charge in [-0.05, 0) is 0 Å². The molecular weight excluding hydrogens is 99.5 g/mol. The standard InChI is InChI=1S/C3HClN2/c4-3-1-5-6-2-3/h(H,5,6). The molecule has 30 valence electrons. The van der Waals surface area contributed by atoms with Gasteiger partial charge in [-0.15, -0.1) is 0 Å². The highest BCUT2D eigenvalue weighted by atomic mass is 35.5. The maximum absolute atomic E-state index is 5.25. The van der Waals surface area contributed by atoms with Crippen molar-refractivity contribution in [3.63, 3.8) is 0 Å². The number of rotatable bonds is 0. The summed E-state index contributed by atoms with van der Waals surface area (Å²) in [5.74, 6) is 0. The number of nitrogens with zero attached hydrogens (tertiary/aromatic N) is 1. The number of aromatic amines is 1. The van der Waals surface area contributed by atoms with Gasteiger partial charge in [-0.1, -0.05) is 11.6 Å². The lowest BCUT2D eigenvalue weighted by atomic mass is 10.8. The van der Waals surface area contributed by atoms with Crippen molar-refractivity contribution >= 4 is 11.6 Å². The van der Waals surface area contributed by atoms with Crippen LogP contribution in [-0.4, -0.2) is 10.2 Å².